The lowest BCUT2D eigenvalue weighted by molar-refractivity contribution is 0.448. The fourth-order valence-corrected chi connectivity index (χ4v) is 2.09. The van der Waals surface area contributed by atoms with Gasteiger partial charge in [-0.15, -0.1) is 12.3 Å². The highest BCUT2D eigenvalue weighted by molar-refractivity contribution is 4.82. The Kier molecular flexibility index (Phi) is 15.0. The van der Waals surface area contributed by atoms with Gasteiger partial charge in [0.15, 0.2) is 0 Å². The SMILES string of the molecule is C#CCCCCCCCCCCCCCCF. The van der Waals surface area contributed by atoms with Gasteiger partial charge in [-0.3, -0.25) is 4.39 Å². The van der Waals surface area contributed by atoms with Crippen molar-refractivity contribution in [3.8, 4) is 12.3 Å². The molecule has 0 radical (unpaired) electrons. The van der Waals surface area contributed by atoms with Gasteiger partial charge >= 0.3 is 0 Å². The van der Waals surface area contributed by atoms with Gasteiger partial charge in [0.25, 0.3) is 0 Å². The molecule has 1 heteroatoms. The summed E-state index contributed by atoms with van der Waals surface area (Å²) in [5.41, 5.74) is 0. The predicted octanol–water partition coefficient (Wildman–Crippen LogP) is 5.66. The Morgan fingerprint density at radius 3 is 1.29 bits per heavy atom. The van der Waals surface area contributed by atoms with Crippen molar-refractivity contribution < 1.29 is 4.39 Å². The first-order valence-corrected chi connectivity index (χ1v) is 7.41. The van der Waals surface area contributed by atoms with Crippen molar-refractivity contribution in [1.82, 2.24) is 0 Å². The van der Waals surface area contributed by atoms with E-state index in [0.717, 1.165) is 19.3 Å². The molecule has 0 aliphatic rings. The Balaban J connectivity index is 2.87. The van der Waals surface area contributed by atoms with E-state index in [4.69, 9.17) is 6.42 Å². The summed E-state index contributed by atoms with van der Waals surface area (Å²) in [6, 6.07) is 0. The zero-order valence-corrected chi connectivity index (χ0v) is 11.4. The van der Waals surface area contributed by atoms with E-state index in [1.54, 1.807) is 0 Å². The monoisotopic (exact) mass is 240 g/mol. The molecule has 0 saturated heterocycles. The first kappa shape index (κ1) is 16.5. The van der Waals surface area contributed by atoms with Crippen LogP contribution in [0.1, 0.15) is 83.5 Å². The predicted molar refractivity (Wildman–Crippen MR) is 74.8 cm³/mol. The standard InChI is InChI=1S/C16H29F/c1-2-3-4-5-6-7-8-9-10-11-12-13-14-15-16-17/h1H,3-16H2. The summed E-state index contributed by atoms with van der Waals surface area (Å²) < 4.78 is 11.8. The molecule has 0 aromatic carbocycles. The smallest absolute Gasteiger partial charge is 0.0894 e. The Morgan fingerprint density at radius 1 is 0.588 bits per heavy atom. The van der Waals surface area contributed by atoms with Crippen LogP contribution < -0.4 is 0 Å². The Morgan fingerprint density at radius 2 is 0.941 bits per heavy atom. The molecule has 0 aromatic rings. The van der Waals surface area contributed by atoms with Gasteiger partial charge in [-0.25, -0.2) is 0 Å². The second-order valence-electron chi connectivity index (χ2n) is 4.89. The molecule has 0 rings (SSSR count). The van der Waals surface area contributed by atoms with Crippen molar-refractivity contribution in [2.45, 2.75) is 83.5 Å². The van der Waals surface area contributed by atoms with Crippen LogP contribution in [0.3, 0.4) is 0 Å². The van der Waals surface area contributed by atoms with Crippen molar-refractivity contribution in [2.75, 3.05) is 6.67 Å². The van der Waals surface area contributed by atoms with E-state index >= 15 is 0 Å². The highest BCUT2D eigenvalue weighted by Crippen LogP contribution is 2.12. The number of hydrogen-bond donors (Lipinski definition) is 0. The van der Waals surface area contributed by atoms with E-state index in [1.807, 2.05) is 0 Å². The Labute approximate surface area is 107 Å². The van der Waals surface area contributed by atoms with Crippen LogP contribution in [0.15, 0.2) is 0 Å². The summed E-state index contributed by atoms with van der Waals surface area (Å²) in [6.07, 6.45) is 21.1. The minimum atomic E-state index is -0.139. The number of alkyl halides is 1. The average molecular weight is 240 g/mol. The van der Waals surface area contributed by atoms with Crippen molar-refractivity contribution in [3.05, 3.63) is 0 Å². The normalized spacial score (nSPS) is 10.4. The molecule has 0 bridgehead atoms. The first-order valence-electron chi connectivity index (χ1n) is 7.41. The van der Waals surface area contributed by atoms with E-state index in [-0.39, 0.29) is 6.67 Å². The zero-order valence-electron chi connectivity index (χ0n) is 11.4. The summed E-state index contributed by atoms with van der Waals surface area (Å²) in [6.45, 7) is -0.139. The molecule has 0 saturated carbocycles. The summed E-state index contributed by atoms with van der Waals surface area (Å²) >= 11 is 0. The van der Waals surface area contributed by atoms with Gasteiger partial charge < -0.3 is 0 Å². The zero-order chi connectivity index (χ0) is 12.6. The molecule has 0 nitrogen and oxygen atoms in total. The van der Waals surface area contributed by atoms with Gasteiger partial charge in [-0.05, 0) is 12.8 Å². The van der Waals surface area contributed by atoms with Gasteiger partial charge in [0.05, 0.1) is 6.67 Å². The number of halogens is 1. The molecular formula is C16H29F. The lowest BCUT2D eigenvalue weighted by Gasteiger charge is -2.02. The van der Waals surface area contributed by atoms with Crippen LogP contribution >= 0.6 is 0 Å². The van der Waals surface area contributed by atoms with Gasteiger partial charge in [0.2, 0.25) is 0 Å². The molecule has 0 unspecified atom stereocenters. The minimum Gasteiger partial charge on any atom is -0.251 e. The van der Waals surface area contributed by atoms with Crippen LogP contribution in [0.25, 0.3) is 0 Å². The molecule has 0 heterocycles. The maximum Gasteiger partial charge on any atom is 0.0894 e. The van der Waals surface area contributed by atoms with Gasteiger partial charge in [0, 0.05) is 6.42 Å². The van der Waals surface area contributed by atoms with E-state index in [9.17, 15) is 4.39 Å². The summed E-state index contributed by atoms with van der Waals surface area (Å²) in [5, 5.41) is 0. The third kappa shape index (κ3) is 15.5. The molecule has 0 spiro atoms. The first-order chi connectivity index (χ1) is 8.41. The van der Waals surface area contributed by atoms with E-state index in [1.165, 1.54) is 64.2 Å². The summed E-state index contributed by atoms with van der Waals surface area (Å²) in [7, 11) is 0. The topological polar surface area (TPSA) is 0 Å². The molecule has 0 atom stereocenters. The van der Waals surface area contributed by atoms with Crippen LogP contribution in [-0.4, -0.2) is 6.67 Å². The minimum absolute atomic E-state index is 0.139. The lowest BCUT2D eigenvalue weighted by Crippen LogP contribution is -1.83. The average Bonchev–Trinajstić information content (AvgIpc) is 2.35. The van der Waals surface area contributed by atoms with Crippen molar-refractivity contribution in [2.24, 2.45) is 0 Å². The van der Waals surface area contributed by atoms with Crippen molar-refractivity contribution >= 4 is 0 Å². The second-order valence-corrected chi connectivity index (χ2v) is 4.89. The van der Waals surface area contributed by atoms with Crippen LogP contribution in [0, 0.1) is 12.3 Å². The molecule has 0 fully saturated rings. The Bertz CT molecular complexity index is 169. The molecule has 0 N–H and O–H groups in total. The molecule has 0 aliphatic heterocycles. The third-order valence-corrected chi connectivity index (χ3v) is 3.20. The largest absolute Gasteiger partial charge is 0.251 e. The number of unbranched alkanes of at least 4 members (excludes halogenated alkanes) is 12. The highest BCUT2D eigenvalue weighted by atomic mass is 19.1. The second kappa shape index (κ2) is 15.5. The maximum absolute atomic E-state index is 11.8. The van der Waals surface area contributed by atoms with Crippen LogP contribution in [0.5, 0.6) is 0 Å². The fourth-order valence-electron chi connectivity index (χ4n) is 2.09. The van der Waals surface area contributed by atoms with E-state index in [0.29, 0.717) is 0 Å². The fraction of sp³-hybridized carbons (Fsp3) is 0.875. The van der Waals surface area contributed by atoms with Gasteiger partial charge in [-0.1, -0.05) is 64.2 Å². The lowest BCUT2D eigenvalue weighted by atomic mass is 10.0. The highest BCUT2D eigenvalue weighted by Gasteiger charge is 1.93. The maximum atomic E-state index is 11.8. The van der Waals surface area contributed by atoms with Crippen molar-refractivity contribution in [3.63, 3.8) is 0 Å². The third-order valence-electron chi connectivity index (χ3n) is 3.20. The molecule has 17 heavy (non-hydrogen) atoms. The summed E-state index contributed by atoms with van der Waals surface area (Å²) in [5.74, 6) is 2.68. The van der Waals surface area contributed by atoms with Crippen LogP contribution in [0.2, 0.25) is 0 Å². The van der Waals surface area contributed by atoms with Gasteiger partial charge in [-0.2, -0.15) is 0 Å². The van der Waals surface area contributed by atoms with Crippen molar-refractivity contribution in [1.29, 1.82) is 0 Å². The molecule has 100 valence electrons. The summed E-state index contributed by atoms with van der Waals surface area (Å²) in [4.78, 5) is 0. The number of hydrogen-bond acceptors (Lipinski definition) is 0. The van der Waals surface area contributed by atoms with Crippen LogP contribution in [0.4, 0.5) is 4.39 Å². The molecule has 0 amide bonds. The molecule has 0 aromatic heterocycles. The number of terminal acetylenes is 1. The number of rotatable bonds is 13. The molecule has 0 aliphatic carbocycles. The van der Waals surface area contributed by atoms with E-state index in [2.05, 4.69) is 5.92 Å². The van der Waals surface area contributed by atoms with Gasteiger partial charge in [0.1, 0.15) is 0 Å². The molecular weight excluding hydrogens is 211 g/mol. The quantitative estimate of drug-likeness (QED) is 0.288. The van der Waals surface area contributed by atoms with Crippen LogP contribution in [-0.2, 0) is 0 Å². The van der Waals surface area contributed by atoms with E-state index < -0.39 is 0 Å². The Hall–Kier alpha value is -0.510.